The Morgan fingerprint density at radius 3 is 2.57 bits per heavy atom. The van der Waals surface area contributed by atoms with E-state index in [1.165, 1.54) is 0 Å². The minimum absolute atomic E-state index is 0.850. The Hall–Kier alpha value is -0.880. The van der Waals surface area contributed by atoms with E-state index < -0.39 is 0 Å². The van der Waals surface area contributed by atoms with Crippen LogP contribution in [0.2, 0.25) is 0 Å². The van der Waals surface area contributed by atoms with Crippen molar-refractivity contribution in [2.75, 3.05) is 7.05 Å². The van der Waals surface area contributed by atoms with Gasteiger partial charge in [0.15, 0.2) is 0 Å². The molecule has 0 saturated heterocycles. The summed E-state index contributed by atoms with van der Waals surface area (Å²) in [6.07, 6.45) is 1.66. The van der Waals surface area contributed by atoms with Crippen molar-refractivity contribution in [2.24, 2.45) is 4.99 Å². The molecule has 0 aliphatic heterocycles. The fourth-order valence-corrected chi connectivity index (χ4v) is 0.228. The van der Waals surface area contributed by atoms with E-state index in [-0.39, 0.29) is 0 Å². The number of nitrogens with zero attached hydrogens (tertiary/aromatic N) is 2. The lowest BCUT2D eigenvalue weighted by Gasteiger charge is -1.63. The summed E-state index contributed by atoms with van der Waals surface area (Å²) in [5.74, 6) is 0. The molecule has 0 spiro atoms. The van der Waals surface area contributed by atoms with Gasteiger partial charge in [-0.05, 0) is 0 Å². The summed E-state index contributed by atoms with van der Waals surface area (Å²) >= 11 is 0. The van der Waals surface area contributed by atoms with Crippen LogP contribution in [0.25, 0.3) is 0 Å². The molecule has 0 aliphatic carbocycles. The zero-order valence-electron chi connectivity index (χ0n) is 4.68. The van der Waals surface area contributed by atoms with Gasteiger partial charge >= 0.3 is 5.71 Å². The molecule has 2 nitrogen and oxygen atoms in total. The molecule has 0 aromatic rings. The van der Waals surface area contributed by atoms with Crippen molar-refractivity contribution >= 4 is 18.6 Å². The number of aliphatic imine (C=N–C) groups is 1. The summed E-state index contributed by atoms with van der Waals surface area (Å²) in [5, 5.41) is 0. The predicted octanol–water partition coefficient (Wildman–Crippen LogP) is -0.0843. The molecule has 0 rings (SSSR count). The van der Waals surface area contributed by atoms with Crippen molar-refractivity contribution in [3.8, 4) is 0 Å². The van der Waals surface area contributed by atoms with Crippen LogP contribution in [-0.2, 0) is 0 Å². The lowest BCUT2D eigenvalue weighted by Crippen LogP contribution is -1.94. The van der Waals surface area contributed by atoms with Gasteiger partial charge in [-0.3, -0.25) is 4.99 Å². The summed E-state index contributed by atoms with van der Waals surface area (Å²) < 4.78 is 3.60. The first-order valence-electron chi connectivity index (χ1n) is 2.03. The number of rotatable bonds is 1. The molecule has 0 N–H and O–H groups in total. The zero-order valence-corrected chi connectivity index (χ0v) is 4.68. The molecule has 0 saturated carbocycles. The van der Waals surface area contributed by atoms with Gasteiger partial charge in [0, 0.05) is 14.0 Å². The van der Waals surface area contributed by atoms with Gasteiger partial charge in [-0.25, -0.2) is 0 Å². The molecule has 0 atom stereocenters. The molecule has 0 fully saturated rings. The van der Waals surface area contributed by atoms with E-state index in [1.54, 1.807) is 13.3 Å². The average molecular weight is 97.1 g/mol. The maximum absolute atomic E-state index is 3.71. The van der Waals surface area contributed by atoms with Crippen molar-refractivity contribution in [1.29, 1.82) is 0 Å². The van der Waals surface area contributed by atoms with Crippen molar-refractivity contribution in [3.05, 3.63) is 0 Å². The van der Waals surface area contributed by atoms with Gasteiger partial charge in [0.1, 0.15) is 6.21 Å². The lowest BCUT2D eigenvalue weighted by molar-refractivity contribution is 1.47. The highest BCUT2D eigenvalue weighted by Crippen LogP contribution is 1.55. The Morgan fingerprint density at radius 1 is 1.86 bits per heavy atom. The van der Waals surface area contributed by atoms with Crippen LogP contribution in [0.5, 0.6) is 0 Å². The van der Waals surface area contributed by atoms with E-state index in [0.29, 0.717) is 0 Å². The molecule has 0 aromatic carbocycles. The molecule has 0 amide bonds. The van der Waals surface area contributed by atoms with Crippen LogP contribution in [0.15, 0.2) is 4.99 Å². The SMILES string of the molecule is C=[N+]=C(C)C=NC. The molecule has 38 valence electrons. The first-order valence-corrected chi connectivity index (χ1v) is 2.03. The second-order valence-electron chi connectivity index (χ2n) is 1.19. The van der Waals surface area contributed by atoms with Crippen LogP contribution in [0.1, 0.15) is 6.92 Å². The molecular formula is C5H9N2+. The molecule has 0 unspecified atom stereocenters. The van der Waals surface area contributed by atoms with Gasteiger partial charge < -0.3 is 0 Å². The van der Waals surface area contributed by atoms with Crippen LogP contribution in [0.3, 0.4) is 0 Å². The van der Waals surface area contributed by atoms with Gasteiger partial charge in [0.2, 0.25) is 0 Å². The molecule has 7 heavy (non-hydrogen) atoms. The first-order chi connectivity index (χ1) is 3.31. The highest BCUT2D eigenvalue weighted by atomic mass is 14.7. The first kappa shape index (κ1) is 6.12. The van der Waals surface area contributed by atoms with Crippen LogP contribution in [0.4, 0.5) is 0 Å². The predicted molar refractivity (Wildman–Crippen MR) is 34.4 cm³/mol. The number of hydrogen-bond donors (Lipinski definition) is 0. The second-order valence-corrected chi connectivity index (χ2v) is 1.19. The van der Waals surface area contributed by atoms with Gasteiger partial charge in [-0.15, -0.1) is 4.67 Å². The van der Waals surface area contributed by atoms with Crippen LogP contribution < -0.4 is 4.67 Å². The smallest absolute Gasteiger partial charge is 0.289 e. The second kappa shape index (κ2) is 3.32. The summed E-state index contributed by atoms with van der Waals surface area (Å²) in [6, 6.07) is 0. The largest absolute Gasteiger partial charge is 0.317 e. The highest BCUT2D eigenvalue weighted by Gasteiger charge is 1.86. The van der Waals surface area contributed by atoms with E-state index in [2.05, 4.69) is 16.4 Å². The van der Waals surface area contributed by atoms with Crippen LogP contribution in [0, 0.1) is 0 Å². The quantitative estimate of drug-likeness (QED) is 0.323. The summed E-state index contributed by atoms with van der Waals surface area (Å²) in [4.78, 5) is 3.71. The zero-order chi connectivity index (χ0) is 5.70. The topological polar surface area (TPSA) is 26.5 Å². The summed E-state index contributed by atoms with van der Waals surface area (Å²) in [5.41, 5.74) is 0.850. The molecule has 0 aliphatic rings. The Kier molecular flexibility index (Phi) is 2.90. The normalized spacial score (nSPS) is 8.86. The molecule has 0 aromatic heterocycles. The third kappa shape index (κ3) is 2.94. The Bertz CT molecular complexity index is 118. The molecule has 0 radical (unpaired) electrons. The third-order valence-electron chi connectivity index (χ3n) is 0.565. The van der Waals surface area contributed by atoms with E-state index in [1.807, 2.05) is 6.92 Å². The third-order valence-corrected chi connectivity index (χ3v) is 0.565. The van der Waals surface area contributed by atoms with Crippen molar-refractivity contribution in [1.82, 2.24) is 4.67 Å². The lowest BCUT2D eigenvalue weighted by atomic mass is 10.5. The van der Waals surface area contributed by atoms with E-state index >= 15 is 0 Å². The fraction of sp³-hybridized carbons (Fsp3) is 0.400. The van der Waals surface area contributed by atoms with Crippen LogP contribution >= 0.6 is 0 Å². The Balaban J connectivity index is 3.83. The fourth-order valence-electron chi connectivity index (χ4n) is 0.228. The van der Waals surface area contributed by atoms with Crippen LogP contribution in [-0.4, -0.2) is 25.7 Å². The maximum atomic E-state index is 3.71. The maximum Gasteiger partial charge on any atom is 0.317 e. The molecular weight excluding hydrogens is 88.1 g/mol. The highest BCUT2D eigenvalue weighted by molar-refractivity contribution is 6.29. The Morgan fingerprint density at radius 2 is 2.43 bits per heavy atom. The standard InChI is InChI=1S/C5H9N2/c1-5(7-3)4-6-2/h4H,3H2,1-2H3/q+1. The minimum atomic E-state index is 0.850. The Labute approximate surface area is 43.3 Å². The number of hydrogen-bond acceptors (Lipinski definition) is 1. The van der Waals surface area contributed by atoms with Crippen molar-refractivity contribution in [2.45, 2.75) is 6.92 Å². The van der Waals surface area contributed by atoms with Crippen molar-refractivity contribution < 1.29 is 0 Å². The summed E-state index contributed by atoms with van der Waals surface area (Å²) in [7, 11) is 1.70. The van der Waals surface area contributed by atoms with E-state index in [4.69, 9.17) is 0 Å². The van der Waals surface area contributed by atoms with Gasteiger partial charge in [0.25, 0.3) is 6.72 Å². The average Bonchev–Trinajstić information content (AvgIpc) is 1.68. The van der Waals surface area contributed by atoms with Gasteiger partial charge in [-0.1, -0.05) is 0 Å². The molecule has 0 heterocycles. The molecule has 0 bridgehead atoms. The summed E-state index contributed by atoms with van der Waals surface area (Å²) in [6.45, 7) is 5.15. The molecule has 2 heteroatoms. The van der Waals surface area contributed by atoms with Gasteiger partial charge in [-0.2, -0.15) is 0 Å². The van der Waals surface area contributed by atoms with Crippen molar-refractivity contribution in [3.63, 3.8) is 0 Å². The van der Waals surface area contributed by atoms with Gasteiger partial charge in [0.05, 0.1) is 0 Å². The van der Waals surface area contributed by atoms with E-state index in [9.17, 15) is 0 Å². The monoisotopic (exact) mass is 97.1 g/mol. The van der Waals surface area contributed by atoms with E-state index in [0.717, 1.165) is 5.71 Å². The minimum Gasteiger partial charge on any atom is -0.289 e.